The lowest BCUT2D eigenvalue weighted by atomic mass is 9.74. The second-order valence-corrected chi connectivity index (χ2v) is 20.7. The standard InChI is InChI=1S/C53H58N2O4P2/c1-4-5-6-12-23-39-34-45-50(47(36-39)60(41-25-14-7-15-26-41)42-27-16-8-17-28-42)59-51-46(53(45,2)3)35-40(24-13-11-22-33-54-52(58)55-38-49(56)57)37-48(51)61(43-29-18-9-19-30-43)44-31-20-10-21-32-44/h7-10,14-21,25-32,34-37H,4-6,11-13,22-24,33,38H2,1-3H3,(H,56,57)(H2,54,55,58). The first kappa shape index (κ1) is 43.8. The summed E-state index contributed by atoms with van der Waals surface area (Å²) in [6.07, 6.45) is 9.44. The number of amides is 2. The molecular formula is C53H58N2O4P2. The normalized spacial score (nSPS) is 12.7. The number of carboxylic acids is 1. The highest BCUT2D eigenvalue weighted by molar-refractivity contribution is 7.80. The first-order valence-corrected chi connectivity index (χ1v) is 24.5. The fourth-order valence-corrected chi connectivity index (χ4v) is 13.2. The number of fused-ring (bicyclic) bond motifs is 2. The number of hydrogen-bond acceptors (Lipinski definition) is 3. The van der Waals surface area contributed by atoms with Crippen LogP contribution in [0.15, 0.2) is 146 Å². The van der Waals surface area contributed by atoms with Crippen molar-refractivity contribution in [3.05, 3.63) is 168 Å². The van der Waals surface area contributed by atoms with Gasteiger partial charge in [0.1, 0.15) is 18.0 Å². The van der Waals surface area contributed by atoms with Gasteiger partial charge in [0.15, 0.2) is 0 Å². The summed E-state index contributed by atoms with van der Waals surface area (Å²) in [7, 11) is -1.94. The molecule has 2 amide bonds. The zero-order valence-electron chi connectivity index (χ0n) is 35.7. The molecule has 0 spiro atoms. The van der Waals surface area contributed by atoms with E-state index in [4.69, 9.17) is 9.84 Å². The number of benzene rings is 6. The average molecular weight is 849 g/mol. The summed E-state index contributed by atoms with van der Waals surface area (Å²) in [6.45, 7) is 7.16. The number of rotatable bonds is 19. The van der Waals surface area contributed by atoms with E-state index in [0.717, 1.165) is 50.0 Å². The largest absolute Gasteiger partial charge is 0.480 e. The molecule has 314 valence electrons. The van der Waals surface area contributed by atoms with Gasteiger partial charge in [-0.15, -0.1) is 0 Å². The lowest BCUT2D eigenvalue weighted by Crippen LogP contribution is -2.38. The Labute approximate surface area is 364 Å². The molecule has 1 aliphatic rings. The number of unbranched alkanes of at least 4 members (excludes halogenated alkanes) is 5. The van der Waals surface area contributed by atoms with Crippen molar-refractivity contribution >= 4 is 59.7 Å². The first-order chi connectivity index (χ1) is 29.7. The van der Waals surface area contributed by atoms with Crippen molar-refractivity contribution in [2.75, 3.05) is 13.1 Å². The fraction of sp³-hybridized carbons (Fsp3) is 0.283. The summed E-state index contributed by atoms with van der Waals surface area (Å²) in [5, 5.41) is 21.7. The van der Waals surface area contributed by atoms with Gasteiger partial charge in [0.2, 0.25) is 0 Å². The van der Waals surface area contributed by atoms with E-state index in [2.05, 4.69) is 177 Å². The van der Waals surface area contributed by atoms with Gasteiger partial charge < -0.3 is 20.5 Å². The molecule has 7 rings (SSSR count). The Balaban J connectivity index is 1.35. The smallest absolute Gasteiger partial charge is 0.323 e. The van der Waals surface area contributed by atoms with Crippen molar-refractivity contribution in [2.45, 2.75) is 84.0 Å². The minimum atomic E-state index is -1.06. The molecule has 6 aromatic carbocycles. The summed E-state index contributed by atoms with van der Waals surface area (Å²) in [5.74, 6) is 0.913. The molecular weight excluding hydrogens is 791 g/mol. The molecule has 0 aliphatic carbocycles. The van der Waals surface area contributed by atoms with Crippen molar-refractivity contribution in [3.8, 4) is 11.5 Å². The van der Waals surface area contributed by atoms with Crippen LogP contribution in [0.25, 0.3) is 0 Å². The molecule has 8 heteroatoms. The predicted molar refractivity (Wildman–Crippen MR) is 257 cm³/mol. The molecule has 0 aromatic heterocycles. The number of carbonyl (C=O) groups excluding carboxylic acids is 1. The van der Waals surface area contributed by atoms with Crippen LogP contribution in [0.2, 0.25) is 0 Å². The Morgan fingerprint density at radius 1 is 0.557 bits per heavy atom. The van der Waals surface area contributed by atoms with Crippen LogP contribution in [0, 0.1) is 0 Å². The lowest BCUT2D eigenvalue weighted by Gasteiger charge is -2.39. The van der Waals surface area contributed by atoms with Crippen LogP contribution in [-0.4, -0.2) is 30.2 Å². The number of carboxylic acid groups (broad SMARTS) is 1. The van der Waals surface area contributed by atoms with E-state index >= 15 is 0 Å². The molecule has 0 bridgehead atoms. The van der Waals surface area contributed by atoms with Crippen LogP contribution in [-0.2, 0) is 23.1 Å². The SMILES string of the molecule is CCCCCCc1cc(P(c2ccccc2)c2ccccc2)c2c(c1)C(C)(C)c1cc(CCCCCNC(=O)NCC(=O)O)cc(P(c3ccccc3)c3ccccc3)c1O2. The van der Waals surface area contributed by atoms with E-state index in [1.165, 1.54) is 73.3 Å². The summed E-state index contributed by atoms with van der Waals surface area (Å²) in [4.78, 5) is 22.9. The molecule has 0 saturated heterocycles. The second kappa shape index (κ2) is 21.0. The highest BCUT2D eigenvalue weighted by atomic mass is 31.1. The number of nitrogens with one attached hydrogen (secondary N) is 2. The Morgan fingerprint density at radius 3 is 1.36 bits per heavy atom. The third kappa shape index (κ3) is 10.8. The summed E-state index contributed by atoms with van der Waals surface area (Å²) in [5.41, 5.74) is 4.77. The molecule has 1 aliphatic heterocycles. The molecule has 0 atom stereocenters. The predicted octanol–water partition coefficient (Wildman–Crippen LogP) is 9.85. The Hall–Kier alpha value is -5.28. The minimum absolute atomic E-state index is 0.363. The van der Waals surface area contributed by atoms with Gasteiger partial charge in [0.05, 0.1) is 0 Å². The zero-order chi connectivity index (χ0) is 42.6. The molecule has 0 unspecified atom stereocenters. The van der Waals surface area contributed by atoms with Crippen LogP contribution in [0.3, 0.4) is 0 Å². The number of aliphatic carboxylic acids is 1. The highest BCUT2D eigenvalue weighted by Crippen LogP contribution is 2.53. The molecule has 0 saturated carbocycles. The van der Waals surface area contributed by atoms with Crippen LogP contribution in [0.1, 0.15) is 88.0 Å². The van der Waals surface area contributed by atoms with Crippen LogP contribution >= 0.6 is 15.8 Å². The van der Waals surface area contributed by atoms with Crippen molar-refractivity contribution in [1.82, 2.24) is 10.6 Å². The van der Waals surface area contributed by atoms with Gasteiger partial charge in [-0.05, 0) is 92.4 Å². The van der Waals surface area contributed by atoms with Gasteiger partial charge in [-0.3, -0.25) is 4.79 Å². The topological polar surface area (TPSA) is 87.7 Å². The lowest BCUT2D eigenvalue weighted by molar-refractivity contribution is -0.135. The minimum Gasteiger partial charge on any atom is -0.480 e. The Kier molecular flexibility index (Phi) is 15.1. The van der Waals surface area contributed by atoms with Crippen LogP contribution < -0.4 is 47.2 Å². The Morgan fingerprint density at radius 2 is 0.967 bits per heavy atom. The van der Waals surface area contributed by atoms with E-state index in [9.17, 15) is 9.59 Å². The number of aryl methyl sites for hydroxylation is 2. The molecule has 3 N–H and O–H groups in total. The van der Waals surface area contributed by atoms with E-state index in [0.29, 0.717) is 6.54 Å². The molecule has 6 aromatic rings. The molecule has 6 nitrogen and oxygen atoms in total. The van der Waals surface area contributed by atoms with Gasteiger partial charge in [0.25, 0.3) is 0 Å². The molecule has 0 fully saturated rings. The maximum Gasteiger partial charge on any atom is 0.323 e. The number of hydrogen-bond donors (Lipinski definition) is 3. The van der Waals surface area contributed by atoms with E-state index < -0.39 is 34.4 Å². The van der Waals surface area contributed by atoms with E-state index in [-0.39, 0.29) is 5.41 Å². The monoisotopic (exact) mass is 848 g/mol. The van der Waals surface area contributed by atoms with Crippen molar-refractivity contribution < 1.29 is 19.4 Å². The fourth-order valence-electron chi connectivity index (χ4n) is 8.32. The highest BCUT2D eigenvalue weighted by Gasteiger charge is 2.40. The van der Waals surface area contributed by atoms with Crippen molar-refractivity contribution in [3.63, 3.8) is 0 Å². The summed E-state index contributed by atoms with van der Waals surface area (Å²) < 4.78 is 7.64. The third-order valence-corrected chi connectivity index (χ3v) is 16.4. The molecule has 0 radical (unpaired) electrons. The number of carbonyl (C=O) groups is 2. The molecule has 1 heterocycles. The van der Waals surface area contributed by atoms with Gasteiger partial charge in [-0.2, -0.15) is 0 Å². The van der Waals surface area contributed by atoms with Gasteiger partial charge in [-0.1, -0.05) is 180 Å². The van der Waals surface area contributed by atoms with Gasteiger partial charge in [-0.25, -0.2) is 4.79 Å². The maximum atomic E-state index is 12.0. The van der Waals surface area contributed by atoms with E-state index in [1.807, 2.05) is 0 Å². The second-order valence-electron chi connectivity index (χ2n) is 16.3. The van der Waals surface area contributed by atoms with Gasteiger partial charge >= 0.3 is 12.0 Å². The van der Waals surface area contributed by atoms with Crippen molar-refractivity contribution in [1.29, 1.82) is 0 Å². The average Bonchev–Trinajstić information content (AvgIpc) is 3.28. The van der Waals surface area contributed by atoms with Crippen molar-refractivity contribution in [2.24, 2.45) is 0 Å². The summed E-state index contributed by atoms with van der Waals surface area (Å²) in [6, 6.07) is 53.2. The number of urea groups is 1. The summed E-state index contributed by atoms with van der Waals surface area (Å²) >= 11 is 0. The number of ether oxygens (including phenoxy) is 1. The van der Waals surface area contributed by atoms with Gasteiger partial charge in [0, 0.05) is 33.7 Å². The third-order valence-electron chi connectivity index (χ3n) is 11.5. The van der Waals surface area contributed by atoms with E-state index in [1.54, 1.807) is 0 Å². The van der Waals surface area contributed by atoms with Crippen LogP contribution in [0.5, 0.6) is 11.5 Å². The quantitative estimate of drug-likeness (QED) is 0.0560. The first-order valence-electron chi connectivity index (χ1n) is 21.8. The molecule has 61 heavy (non-hydrogen) atoms. The zero-order valence-corrected chi connectivity index (χ0v) is 37.5. The Bertz CT molecular complexity index is 2290. The maximum absolute atomic E-state index is 12.0. The van der Waals surface area contributed by atoms with Crippen LogP contribution in [0.4, 0.5) is 4.79 Å².